The quantitative estimate of drug-likeness (QED) is 0.868. The van der Waals surface area contributed by atoms with Crippen LogP contribution in [0.5, 0.6) is 11.5 Å². The van der Waals surface area contributed by atoms with Gasteiger partial charge in [0, 0.05) is 0 Å². The summed E-state index contributed by atoms with van der Waals surface area (Å²) in [5.41, 5.74) is 0.419. The Balaban J connectivity index is 1.99. The van der Waals surface area contributed by atoms with Gasteiger partial charge in [0.1, 0.15) is 13.2 Å². The number of carboxylic acid groups (broad SMARTS) is 1. The molecule has 1 atom stereocenters. The minimum absolute atomic E-state index is 0.468. The first-order valence-corrected chi connectivity index (χ1v) is 6.36. The van der Waals surface area contributed by atoms with E-state index in [1.165, 1.54) is 0 Å². The fourth-order valence-corrected chi connectivity index (χ4v) is 2.54. The fourth-order valence-electron chi connectivity index (χ4n) is 2.54. The van der Waals surface area contributed by atoms with Crippen LogP contribution in [0.25, 0.3) is 0 Å². The van der Waals surface area contributed by atoms with Crippen molar-refractivity contribution in [2.24, 2.45) is 5.41 Å². The molecule has 1 aliphatic carbocycles. The lowest BCUT2D eigenvalue weighted by Crippen LogP contribution is -2.24. The van der Waals surface area contributed by atoms with Crippen LogP contribution in [0.3, 0.4) is 0 Å². The Morgan fingerprint density at radius 3 is 2.37 bits per heavy atom. The van der Waals surface area contributed by atoms with Crippen LogP contribution in [0, 0.1) is 12.3 Å². The minimum atomic E-state index is -1.02. The molecule has 1 aromatic carbocycles. The average Bonchev–Trinajstić information content (AvgIpc) is 3.18. The molecule has 2 N–H and O–H groups in total. The van der Waals surface area contributed by atoms with Crippen molar-refractivity contribution in [2.45, 2.75) is 25.9 Å². The van der Waals surface area contributed by atoms with E-state index in [9.17, 15) is 15.0 Å². The molecular formula is C14H16O5. The van der Waals surface area contributed by atoms with Crippen LogP contribution in [0.4, 0.5) is 0 Å². The minimum Gasteiger partial charge on any atom is -0.486 e. The Morgan fingerprint density at radius 2 is 1.84 bits per heavy atom. The summed E-state index contributed by atoms with van der Waals surface area (Å²) in [5, 5.41) is 19.6. The number of rotatable bonds is 3. The van der Waals surface area contributed by atoms with E-state index in [2.05, 4.69) is 0 Å². The fraction of sp³-hybridized carbons (Fsp3) is 0.500. The van der Waals surface area contributed by atoms with Crippen LogP contribution in [0.1, 0.15) is 30.1 Å². The van der Waals surface area contributed by atoms with Crippen molar-refractivity contribution in [3.05, 3.63) is 23.3 Å². The number of fused-ring (bicyclic) bond motifs is 1. The molecule has 0 spiro atoms. The van der Waals surface area contributed by atoms with E-state index < -0.39 is 17.5 Å². The molecule has 1 aliphatic heterocycles. The standard InChI is InChI=1S/C14H16O5/c1-8-6-10-11(19-5-4-18-10)7-9(8)12(15)14(2-3-14)13(16)17/h6-7,12,15H,2-5H2,1H3,(H,16,17). The molecule has 1 saturated carbocycles. The molecule has 0 saturated heterocycles. The third-order valence-electron chi connectivity index (χ3n) is 3.96. The van der Waals surface area contributed by atoms with Crippen LogP contribution in [0.2, 0.25) is 0 Å². The van der Waals surface area contributed by atoms with E-state index in [0.29, 0.717) is 43.1 Å². The number of aryl methyl sites for hydroxylation is 1. The Bertz CT molecular complexity index is 533. The second-order valence-corrected chi connectivity index (χ2v) is 5.22. The van der Waals surface area contributed by atoms with Gasteiger partial charge in [-0.1, -0.05) is 0 Å². The summed E-state index contributed by atoms with van der Waals surface area (Å²) < 4.78 is 10.9. The molecule has 0 bridgehead atoms. The van der Waals surface area contributed by atoms with Crippen LogP contribution >= 0.6 is 0 Å². The van der Waals surface area contributed by atoms with E-state index in [1.807, 2.05) is 6.92 Å². The number of carbonyl (C=O) groups is 1. The van der Waals surface area contributed by atoms with Gasteiger partial charge in [0.25, 0.3) is 0 Å². The number of aliphatic hydroxyl groups is 1. The summed E-state index contributed by atoms with van der Waals surface area (Å²) in [6.45, 7) is 2.82. The number of hydrogen-bond acceptors (Lipinski definition) is 4. The van der Waals surface area contributed by atoms with Gasteiger partial charge in [-0.3, -0.25) is 4.79 Å². The van der Waals surface area contributed by atoms with E-state index in [4.69, 9.17) is 9.47 Å². The summed E-state index contributed by atoms with van der Waals surface area (Å²) in [4.78, 5) is 11.3. The van der Waals surface area contributed by atoms with Gasteiger partial charge in [-0.2, -0.15) is 0 Å². The van der Waals surface area contributed by atoms with Gasteiger partial charge in [-0.05, 0) is 43.0 Å². The third-order valence-corrected chi connectivity index (χ3v) is 3.96. The molecule has 1 aromatic rings. The van der Waals surface area contributed by atoms with Crippen molar-refractivity contribution >= 4 is 5.97 Å². The highest BCUT2D eigenvalue weighted by Crippen LogP contribution is 2.56. The molecule has 5 nitrogen and oxygen atoms in total. The Kier molecular flexibility index (Phi) is 2.67. The van der Waals surface area contributed by atoms with Crippen LogP contribution in [-0.2, 0) is 4.79 Å². The van der Waals surface area contributed by atoms with Crippen molar-refractivity contribution in [2.75, 3.05) is 13.2 Å². The van der Waals surface area contributed by atoms with Gasteiger partial charge in [0.2, 0.25) is 0 Å². The Hall–Kier alpha value is -1.75. The predicted molar refractivity (Wildman–Crippen MR) is 66.4 cm³/mol. The largest absolute Gasteiger partial charge is 0.486 e. The van der Waals surface area contributed by atoms with Crippen LogP contribution in [0.15, 0.2) is 12.1 Å². The van der Waals surface area contributed by atoms with Crippen molar-refractivity contribution in [3.8, 4) is 11.5 Å². The van der Waals surface area contributed by atoms with Gasteiger partial charge in [-0.15, -0.1) is 0 Å². The Morgan fingerprint density at radius 1 is 1.26 bits per heavy atom. The summed E-state index contributed by atoms with van der Waals surface area (Å²) in [7, 11) is 0. The molecule has 1 heterocycles. The SMILES string of the molecule is Cc1cc2c(cc1C(O)C1(C(=O)O)CC1)OCCO2. The summed E-state index contributed by atoms with van der Waals surface area (Å²) >= 11 is 0. The zero-order valence-corrected chi connectivity index (χ0v) is 10.7. The zero-order chi connectivity index (χ0) is 13.6. The van der Waals surface area contributed by atoms with E-state index >= 15 is 0 Å². The first-order chi connectivity index (χ1) is 9.04. The number of ether oxygens (including phenoxy) is 2. The number of aliphatic carboxylic acids is 1. The number of benzene rings is 1. The van der Waals surface area contributed by atoms with E-state index in [-0.39, 0.29) is 0 Å². The van der Waals surface area contributed by atoms with Gasteiger partial charge < -0.3 is 19.7 Å². The molecule has 2 aliphatic rings. The monoisotopic (exact) mass is 264 g/mol. The van der Waals surface area contributed by atoms with Gasteiger partial charge in [0.05, 0.1) is 11.5 Å². The first-order valence-electron chi connectivity index (χ1n) is 6.36. The first kappa shape index (κ1) is 12.3. The molecule has 102 valence electrons. The summed E-state index contributed by atoms with van der Waals surface area (Å²) in [5.74, 6) is 0.293. The Labute approximate surface area is 110 Å². The molecule has 0 radical (unpaired) electrons. The smallest absolute Gasteiger partial charge is 0.312 e. The molecule has 1 fully saturated rings. The van der Waals surface area contributed by atoms with Gasteiger partial charge >= 0.3 is 5.97 Å². The molecule has 3 rings (SSSR count). The summed E-state index contributed by atoms with van der Waals surface area (Å²) in [6.07, 6.45) is 0.0233. The van der Waals surface area contributed by atoms with Gasteiger partial charge in [0.15, 0.2) is 11.5 Å². The van der Waals surface area contributed by atoms with Gasteiger partial charge in [-0.25, -0.2) is 0 Å². The second-order valence-electron chi connectivity index (χ2n) is 5.22. The lowest BCUT2D eigenvalue weighted by molar-refractivity contribution is -0.148. The highest BCUT2D eigenvalue weighted by molar-refractivity contribution is 5.79. The van der Waals surface area contributed by atoms with E-state index in [0.717, 1.165) is 5.56 Å². The van der Waals surface area contributed by atoms with E-state index in [1.54, 1.807) is 12.1 Å². The highest BCUT2D eigenvalue weighted by atomic mass is 16.6. The topological polar surface area (TPSA) is 76.0 Å². The molecular weight excluding hydrogens is 248 g/mol. The maximum absolute atomic E-state index is 11.3. The molecule has 19 heavy (non-hydrogen) atoms. The number of hydrogen-bond donors (Lipinski definition) is 2. The maximum atomic E-state index is 11.3. The summed E-state index contributed by atoms with van der Waals surface area (Å²) in [6, 6.07) is 3.50. The lowest BCUT2D eigenvalue weighted by atomic mass is 9.90. The number of aliphatic hydroxyl groups excluding tert-OH is 1. The average molecular weight is 264 g/mol. The van der Waals surface area contributed by atoms with Crippen LogP contribution < -0.4 is 9.47 Å². The van der Waals surface area contributed by atoms with Crippen molar-refractivity contribution in [3.63, 3.8) is 0 Å². The zero-order valence-electron chi connectivity index (χ0n) is 10.7. The predicted octanol–water partition coefficient (Wildman–Crippen LogP) is 1.66. The third kappa shape index (κ3) is 1.85. The lowest BCUT2D eigenvalue weighted by Gasteiger charge is -2.24. The second kappa shape index (κ2) is 4.13. The number of carboxylic acids is 1. The maximum Gasteiger partial charge on any atom is 0.312 e. The van der Waals surface area contributed by atoms with Crippen LogP contribution in [-0.4, -0.2) is 29.4 Å². The molecule has 0 aromatic heterocycles. The molecule has 0 amide bonds. The molecule has 1 unspecified atom stereocenters. The molecule has 5 heteroatoms. The van der Waals surface area contributed by atoms with Crippen molar-refractivity contribution < 1.29 is 24.5 Å². The van der Waals surface area contributed by atoms with Crippen molar-refractivity contribution in [1.29, 1.82) is 0 Å². The van der Waals surface area contributed by atoms with Crippen molar-refractivity contribution in [1.82, 2.24) is 0 Å². The normalized spacial score (nSPS) is 20.7. The highest BCUT2D eigenvalue weighted by Gasteiger charge is 2.56.